The van der Waals surface area contributed by atoms with Gasteiger partial charge in [-0.2, -0.15) is 6.07 Å². The summed E-state index contributed by atoms with van der Waals surface area (Å²) >= 11 is 1.36. The number of rotatable bonds is 0. The van der Waals surface area contributed by atoms with E-state index < -0.39 is 0 Å². The molecule has 5 aromatic rings. The van der Waals surface area contributed by atoms with Crippen molar-refractivity contribution in [1.29, 1.82) is 0 Å². The van der Waals surface area contributed by atoms with Gasteiger partial charge in [-0.1, -0.05) is 49.4 Å². The number of aryl methyl sites for hydroxylation is 1. The zero-order valence-electron chi connectivity index (χ0n) is 17.0. The second-order valence-electron chi connectivity index (χ2n) is 5.98. The van der Waals surface area contributed by atoms with Crippen LogP contribution in [-0.2, 0) is 23.3 Å². The van der Waals surface area contributed by atoms with Gasteiger partial charge in [-0.3, -0.25) is 0 Å². The zero-order valence-corrected chi connectivity index (χ0v) is 22.1. The number of halogens is 2. The minimum Gasteiger partial charge on any atom is -0.126 e. The van der Waals surface area contributed by atoms with Gasteiger partial charge in [0.05, 0.1) is 0 Å². The van der Waals surface area contributed by atoms with Crippen LogP contribution < -0.4 is 0 Å². The first-order valence-corrected chi connectivity index (χ1v) is 12.4. The van der Waals surface area contributed by atoms with Crippen LogP contribution in [0, 0.1) is 21.8 Å². The van der Waals surface area contributed by atoms with Gasteiger partial charge in [-0.15, -0.1) is 105 Å². The average Bonchev–Trinajstić information content (AvgIpc) is 3.23. The van der Waals surface area contributed by atoms with Crippen molar-refractivity contribution in [3.05, 3.63) is 111 Å². The fourth-order valence-corrected chi connectivity index (χ4v) is 3.21. The molecular weight excluding hydrogens is 490 g/mol. The first kappa shape index (κ1) is 30.0. The summed E-state index contributed by atoms with van der Waals surface area (Å²) in [5.41, 5.74) is 1.35. The Labute approximate surface area is 204 Å². The first-order valence-electron chi connectivity index (χ1n) is 8.21. The van der Waals surface area contributed by atoms with Crippen LogP contribution in [0.4, 0.5) is 0 Å². The molecule has 5 aromatic carbocycles. The van der Waals surface area contributed by atoms with Gasteiger partial charge in [0.25, 0.3) is 0 Å². The molecule has 0 unspecified atom stereocenters. The number of fused-ring (bicyclic) bond motifs is 4. The Kier molecular flexibility index (Phi) is 15.3. The van der Waals surface area contributed by atoms with E-state index >= 15 is 0 Å². The van der Waals surface area contributed by atoms with Gasteiger partial charge in [0, 0.05) is 0 Å². The van der Waals surface area contributed by atoms with E-state index in [0.717, 1.165) is 0 Å². The third-order valence-corrected chi connectivity index (χ3v) is 4.29. The summed E-state index contributed by atoms with van der Waals surface area (Å²) in [7, 11) is 0. The predicted octanol–water partition coefficient (Wildman–Crippen LogP) is 7.94. The quantitative estimate of drug-likeness (QED) is 0.145. The van der Waals surface area contributed by atoms with Gasteiger partial charge in [0.2, 0.25) is 0 Å². The summed E-state index contributed by atoms with van der Waals surface area (Å²) in [5, 5.41) is 8.09. The average molecular weight is 517 g/mol. The van der Waals surface area contributed by atoms with E-state index in [1.807, 2.05) is 0 Å². The van der Waals surface area contributed by atoms with Crippen LogP contribution in [0.25, 0.3) is 32.3 Å². The number of benzene rings is 3. The largest absolute Gasteiger partial charge is 0.126 e. The van der Waals surface area contributed by atoms with Crippen LogP contribution in [0.15, 0.2) is 91.0 Å². The molecule has 0 atom stereocenters. The molecule has 0 amide bonds. The van der Waals surface area contributed by atoms with Gasteiger partial charge in [0.15, 0.2) is 0 Å². The maximum atomic E-state index is 3.06. The Hall–Kier alpha value is -1.18. The molecule has 0 saturated carbocycles. The summed E-state index contributed by atoms with van der Waals surface area (Å²) in [4.78, 5) is 0. The second-order valence-corrected chi connectivity index (χ2v) is 5.98. The SMILES string of the molecule is Cc1cc2ccccc2[cH-]1.Cl.Cl.[CH3-].[CH3-].[Si]=[Zr].c1ccc2c(c1)[cH-]c1ccccc12. The summed E-state index contributed by atoms with van der Waals surface area (Å²) in [5.74, 6) is 0. The molecule has 0 aromatic heterocycles. The Balaban J connectivity index is 0. The van der Waals surface area contributed by atoms with Crippen LogP contribution >= 0.6 is 24.8 Å². The number of hydrogen-bond donors (Lipinski definition) is 0. The molecule has 5 rings (SSSR count). The second kappa shape index (κ2) is 14.7. The van der Waals surface area contributed by atoms with Gasteiger partial charge in [-0.25, -0.2) is 0 Å². The molecule has 0 saturated heterocycles. The normalized spacial score (nSPS) is 8.69. The minimum atomic E-state index is 0. The first-order chi connectivity index (χ1) is 12.3. The van der Waals surface area contributed by atoms with Crippen LogP contribution in [0.1, 0.15) is 5.56 Å². The monoisotopic (exact) mass is 514 g/mol. The minimum absolute atomic E-state index is 0. The Morgan fingerprint density at radius 1 is 0.621 bits per heavy atom. The molecule has 29 heavy (non-hydrogen) atoms. The molecule has 0 aliphatic rings. The van der Waals surface area contributed by atoms with Crippen molar-refractivity contribution in [1.82, 2.24) is 0 Å². The van der Waals surface area contributed by atoms with Crippen molar-refractivity contribution >= 4 is 64.0 Å². The molecule has 0 nitrogen and oxygen atoms in total. The topological polar surface area (TPSA) is 0 Å². The molecule has 0 aliphatic carbocycles. The van der Waals surface area contributed by atoms with Crippen molar-refractivity contribution < 1.29 is 23.3 Å². The predicted molar refractivity (Wildman–Crippen MR) is 134 cm³/mol. The third-order valence-electron chi connectivity index (χ3n) is 4.29. The molecule has 0 bridgehead atoms. The summed E-state index contributed by atoms with van der Waals surface area (Å²) in [6, 6.07) is 32.1. The van der Waals surface area contributed by atoms with Gasteiger partial charge >= 0.3 is 30.2 Å². The van der Waals surface area contributed by atoms with E-state index in [1.54, 1.807) is 0 Å². The molecule has 4 heteroatoms. The molecule has 0 spiro atoms. The number of hydrogen-bond acceptors (Lipinski definition) is 0. The van der Waals surface area contributed by atoms with Crippen LogP contribution in [-0.4, -0.2) is 6.88 Å². The van der Waals surface area contributed by atoms with Crippen LogP contribution in [0.2, 0.25) is 0 Å². The molecule has 0 heterocycles. The van der Waals surface area contributed by atoms with Crippen molar-refractivity contribution in [3.8, 4) is 0 Å². The maximum Gasteiger partial charge on any atom is -0.0771 e. The fraction of sp³-hybridized carbons (Fsp3) is 0.0400. The van der Waals surface area contributed by atoms with Crippen LogP contribution in [0.3, 0.4) is 0 Å². The standard InChI is InChI=1S/C13H9.C10H9.2CH3.2ClH.Si.Zr/c1-3-7-12-10(5-1)9-11-6-2-4-8-13(11)12;1-8-6-9-4-2-3-5-10(9)7-8;;;;;;/h1-9H;2-7H,1H3;2*1H3;2*1H;;/q4*-1;;;;. The summed E-state index contributed by atoms with van der Waals surface area (Å²) in [6.45, 7) is 5.19. The fourth-order valence-electron chi connectivity index (χ4n) is 3.21. The maximum absolute atomic E-state index is 3.06. The van der Waals surface area contributed by atoms with Crippen molar-refractivity contribution in [3.63, 3.8) is 0 Å². The molecule has 0 aliphatic heterocycles. The van der Waals surface area contributed by atoms with E-state index in [0.29, 0.717) is 0 Å². The van der Waals surface area contributed by atoms with Crippen LogP contribution in [0.5, 0.6) is 0 Å². The molecular formula is C25H26Cl2SiZr-4. The molecule has 0 N–H and O–H groups in total. The van der Waals surface area contributed by atoms with Crippen molar-refractivity contribution in [2.75, 3.05) is 0 Å². The zero-order chi connectivity index (χ0) is 17.6. The van der Waals surface area contributed by atoms with E-state index in [-0.39, 0.29) is 39.7 Å². The summed E-state index contributed by atoms with van der Waals surface area (Å²) < 4.78 is 0. The molecule has 2 radical (unpaired) electrons. The smallest absolute Gasteiger partial charge is 0.0771 e. The van der Waals surface area contributed by atoms with Gasteiger partial charge < -0.3 is 14.9 Å². The van der Waals surface area contributed by atoms with Crippen molar-refractivity contribution in [2.45, 2.75) is 6.92 Å². The van der Waals surface area contributed by atoms with E-state index in [2.05, 4.69) is 105 Å². The van der Waals surface area contributed by atoms with Gasteiger partial charge in [-0.05, 0) is 0 Å². The third kappa shape index (κ3) is 7.23. The van der Waals surface area contributed by atoms with E-state index in [4.69, 9.17) is 0 Å². The Morgan fingerprint density at radius 3 is 1.52 bits per heavy atom. The summed E-state index contributed by atoms with van der Waals surface area (Å²) in [6.07, 6.45) is 0. The van der Waals surface area contributed by atoms with E-state index in [1.165, 1.54) is 61.2 Å². The van der Waals surface area contributed by atoms with Gasteiger partial charge in [0.1, 0.15) is 0 Å². The molecule has 0 fully saturated rings. The Morgan fingerprint density at radius 2 is 1.03 bits per heavy atom. The molecule has 152 valence electrons. The Bertz CT molecular complexity index is 1030. The van der Waals surface area contributed by atoms with E-state index in [9.17, 15) is 0 Å². The van der Waals surface area contributed by atoms with Crippen molar-refractivity contribution in [2.24, 2.45) is 0 Å².